The van der Waals surface area contributed by atoms with Gasteiger partial charge in [-0.1, -0.05) is 59.8 Å². The quantitative estimate of drug-likeness (QED) is 0.693. The summed E-state index contributed by atoms with van der Waals surface area (Å²) in [4.78, 5) is 1.76. The van der Waals surface area contributed by atoms with Crippen LogP contribution in [0.4, 0.5) is 8.78 Å². The van der Waals surface area contributed by atoms with Gasteiger partial charge >= 0.3 is 0 Å². The van der Waals surface area contributed by atoms with Crippen molar-refractivity contribution in [2.45, 2.75) is 19.4 Å². The van der Waals surface area contributed by atoms with E-state index >= 15 is 0 Å². The van der Waals surface area contributed by atoms with Gasteiger partial charge in [-0.05, 0) is 11.1 Å². The minimum atomic E-state index is -2.32. The molecule has 1 aliphatic heterocycles. The van der Waals surface area contributed by atoms with Crippen LogP contribution in [0.5, 0.6) is 0 Å². The van der Waals surface area contributed by atoms with E-state index in [0.29, 0.717) is 19.5 Å². The van der Waals surface area contributed by atoms with E-state index in [9.17, 15) is 8.78 Å². The van der Waals surface area contributed by atoms with Crippen molar-refractivity contribution in [3.63, 3.8) is 0 Å². The first-order valence-electron chi connectivity index (χ1n) is 8.34. The number of nitrogens with zero attached hydrogens (tertiary/aromatic N) is 2. The Morgan fingerprint density at radius 2 is 1.64 bits per heavy atom. The molecule has 0 saturated carbocycles. The molecule has 0 radical (unpaired) electrons. The summed E-state index contributed by atoms with van der Waals surface area (Å²) in [6, 6.07) is 18.2. The lowest BCUT2D eigenvalue weighted by molar-refractivity contribution is 0.0802. The average Bonchev–Trinajstić information content (AvgIpc) is 3.05. The Balaban J connectivity index is 1.60. The Hall–Kier alpha value is -2.53. The number of alkyl halides is 2. The van der Waals surface area contributed by atoms with Crippen LogP contribution in [-0.4, -0.2) is 29.6 Å². The first kappa shape index (κ1) is 16.0. The largest absolute Gasteiger partial charge is 0.360 e. The van der Waals surface area contributed by atoms with Crippen LogP contribution in [-0.2, 0) is 13.0 Å². The molecule has 0 N–H and O–H groups in total. The predicted octanol–water partition coefficient (Wildman–Crippen LogP) is 4.63. The maximum absolute atomic E-state index is 12.7. The molecule has 0 saturated heterocycles. The highest BCUT2D eigenvalue weighted by molar-refractivity contribution is 5.70. The number of halogens is 2. The molecule has 2 aromatic carbocycles. The predicted molar refractivity (Wildman–Crippen MR) is 92.4 cm³/mol. The lowest BCUT2D eigenvalue weighted by atomic mass is 9.99. The summed E-state index contributed by atoms with van der Waals surface area (Å²) in [5.74, 6) is 0.813. The average molecular weight is 340 g/mol. The van der Waals surface area contributed by atoms with Crippen LogP contribution in [0.1, 0.15) is 11.3 Å². The Morgan fingerprint density at radius 3 is 2.36 bits per heavy atom. The van der Waals surface area contributed by atoms with Gasteiger partial charge in [0, 0.05) is 30.6 Å². The molecule has 5 heteroatoms. The number of fused-ring (bicyclic) bond motifs is 1. The fourth-order valence-corrected chi connectivity index (χ4v) is 3.29. The zero-order valence-electron chi connectivity index (χ0n) is 13.7. The highest BCUT2D eigenvalue weighted by atomic mass is 19.3. The standard InChI is InChI=1S/C20H18F2N2O/c21-19(22)13-24-11-10-18-17(12-24)20(23-25-18)16-8-6-15(7-9-16)14-4-2-1-3-5-14/h1-9,19H,10-13H2. The van der Waals surface area contributed by atoms with Crippen LogP contribution in [0.15, 0.2) is 59.1 Å². The molecule has 2 heterocycles. The van der Waals surface area contributed by atoms with Crippen LogP contribution in [0, 0.1) is 0 Å². The van der Waals surface area contributed by atoms with E-state index < -0.39 is 6.43 Å². The van der Waals surface area contributed by atoms with Crippen molar-refractivity contribution in [3.8, 4) is 22.4 Å². The molecular formula is C20H18F2N2O. The van der Waals surface area contributed by atoms with E-state index in [1.54, 1.807) is 4.90 Å². The van der Waals surface area contributed by atoms with Gasteiger partial charge in [0.05, 0.1) is 6.54 Å². The zero-order valence-corrected chi connectivity index (χ0v) is 13.7. The number of hydrogen-bond acceptors (Lipinski definition) is 3. The van der Waals surface area contributed by atoms with Crippen molar-refractivity contribution in [1.82, 2.24) is 10.1 Å². The monoisotopic (exact) mass is 340 g/mol. The summed E-state index contributed by atoms with van der Waals surface area (Å²) in [6.45, 7) is 0.828. The van der Waals surface area contributed by atoms with Crippen LogP contribution in [0.2, 0.25) is 0 Å². The van der Waals surface area contributed by atoms with E-state index in [0.717, 1.165) is 33.7 Å². The number of hydrogen-bond donors (Lipinski definition) is 0. The van der Waals surface area contributed by atoms with Gasteiger partial charge in [-0.3, -0.25) is 4.90 Å². The summed E-state index contributed by atoms with van der Waals surface area (Å²) >= 11 is 0. The molecule has 0 unspecified atom stereocenters. The summed E-state index contributed by atoms with van der Waals surface area (Å²) in [5, 5.41) is 4.19. The molecule has 0 aliphatic carbocycles. The van der Waals surface area contributed by atoms with Crippen molar-refractivity contribution >= 4 is 0 Å². The van der Waals surface area contributed by atoms with Crippen molar-refractivity contribution < 1.29 is 13.3 Å². The van der Waals surface area contributed by atoms with Gasteiger partial charge in [0.25, 0.3) is 6.43 Å². The first-order valence-corrected chi connectivity index (χ1v) is 8.34. The fraction of sp³-hybridized carbons (Fsp3) is 0.250. The summed E-state index contributed by atoms with van der Waals surface area (Å²) in [7, 11) is 0. The van der Waals surface area contributed by atoms with E-state index in [2.05, 4.69) is 17.3 Å². The Morgan fingerprint density at radius 1 is 0.960 bits per heavy atom. The minimum absolute atomic E-state index is 0.211. The lowest BCUT2D eigenvalue weighted by Gasteiger charge is -2.25. The molecule has 0 atom stereocenters. The fourth-order valence-electron chi connectivity index (χ4n) is 3.29. The maximum atomic E-state index is 12.7. The third-order valence-electron chi connectivity index (χ3n) is 4.57. The molecule has 0 spiro atoms. The van der Waals surface area contributed by atoms with Crippen molar-refractivity contribution in [2.75, 3.05) is 13.1 Å². The lowest BCUT2D eigenvalue weighted by Crippen LogP contribution is -2.33. The molecule has 3 aromatic rings. The third kappa shape index (κ3) is 3.33. The van der Waals surface area contributed by atoms with Gasteiger partial charge < -0.3 is 4.52 Å². The van der Waals surface area contributed by atoms with Crippen molar-refractivity contribution in [1.29, 1.82) is 0 Å². The third-order valence-corrected chi connectivity index (χ3v) is 4.57. The summed E-state index contributed by atoms with van der Waals surface area (Å²) in [6.07, 6.45) is -1.70. The molecule has 25 heavy (non-hydrogen) atoms. The normalized spacial score (nSPS) is 14.7. The van der Waals surface area contributed by atoms with Crippen molar-refractivity contribution in [3.05, 3.63) is 65.9 Å². The van der Waals surface area contributed by atoms with Crippen LogP contribution in [0.3, 0.4) is 0 Å². The molecule has 4 rings (SSSR count). The Bertz CT molecular complexity index is 844. The van der Waals surface area contributed by atoms with E-state index in [-0.39, 0.29) is 6.54 Å². The topological polar surface area (TPSA) is 29.3 Å². The summed E-state index contributed by atoms with van der Waals surface area (Å²) < 4.78 is 30.8. The first-order chi connectivity index (χ1) is 12.2. The van der Waals surface area contributed by atoms with E-state index in [4.69, 9.17) is 4.52 Å². The van der Waals surface area contributed by atoms with Crippen molar-refractivity contribution in [2.24, 2.45) is 0 Å². The number of aromatic nitrogens is 1. The molecule has 0 fully saturated rings. The minimum Gasteiger partial charge on any atom is -0.360 e. The smallest absolute Gasteiger partial charge is 0.251 e. The second-order valence-electron chi connectivity index (χ2n) is 6.25. The molecule has 128 valence electrons. The summed E-state index contributed by atoms with van der Waals surface area (Å²) in [5.41, 5.74) is 4.91. The molecule has 1 aliphatic rings. The van der Waals surface area contributed by atoms with Gasteiger partial charge in [-0.2, -0.15) is 0 Å². The second-order valence-corrected chi connectivity index (χ2v) is 6.25. The number of rotatable bonds is 4. The van der Waals surface area contributed by atoms with Gasteiger partial charge in [0.2, 0.25) is 0 Å². The van der Waals surface area contributed by atoms with Gasteiger partial charge in [-0.25, -0.2) is 8.78 Å². The molecular weight excluding hydrogens is 322 g/mol. The van der Waals surface area contributed by atoms with Crippen LogP contribution in [0.25, 0.3) is 22.4 Å². The molecule has 0 bridgehead atoms. The van der Waals surface area contributed by atoms with E-state index in [1.807, 2.05) is 42.5 Å². The molecule has 0 amide bonds. The Kier molecular flexibility index (Phi) is 4.32. The zero-order chi connectivity index (χ0) is 17.2. The SMILES string of the molecule is FC(F)CN1CCc2onc(-c3ccc(-c4ccccc4)cc3)c2C1. The highest BCUT2D eigenvalue weighted by Crippen LogP contribution is 2.31. The second kappa shape index (κ2) is 6.76. The maximum Gasteiger partial charge on any atom is 0.251 e. The van der Waals surface area contributed by atoms with Crippen LogP contribution < -0.4 is 0 Å². The molecule has 3 nitrogen and oxygen atoms in total. The van der Waals surface area contributed by atoms with Gasteiger partial charge in [-0.15, -0.1) is 0 Å². The molecule has 1 aromatic heterocycles. The van der Waals surface area contributed by atoms with Crippen LogP contribution >= 0.6 is 0 Å². The highest BCUT2D eigenvalue weighted by Gasteiger charge is 2.26. The van der Waals surface area contributed by atoms with Gasteiger partial charge in [0.1, 0.15) is 11.5 Å². The number of benzene rings is 2. The Labute approximate surface area is 144 Å². The van der Waals surface area contributed by atoms with Gasteiger partial charge in [0.15, 0.2) is 0 Å². The van der Waals surface area contributed by atoms with E-state index in [1.165, 1.54) is 0 Å².